The molecule has 9 nitrogen and oxygen atoms in total. The molecule has 33 heavy (non-hydrogen) atoms. The maximum Gasteiger partial charge on any atom is 0.490 e. The highest BCUT2D eigenvalue weighted by Crippen LogP contribution is 2.27. The number of nitrogens with one attached hydrogen (secondary N) is 2. The summed E-state index contributed by atoms with van der Waals surface area (Å²) in [4.78, 5) is 19.7. The van der Waals surface area contributed by atoms with E-state index in [1.807, 2.05) is 32.0 Å². The third-order valence-corrected chi connectivity index (χ3v) is 4.60. The maximum absolute atomic E-state index is 12.2. The Bertz CT molecular complexity index is 1280. The highest BCUT2D eigenvalue weighted by molar-refractivity contribution is 5.93. The second-order valence-corrected chi connectivity index (χ2v) is 7.55. The van der Waals surface area contributed by atoms with Crippen LogP contribution in [0.5, 0.6) is 0 Å². The van der Waals surface area contributed by atoms with Gasteiger partial charge in [-0.15, -0.1) is 0 Å². The Kier molecular flexibility index (Phi) is 5.99. The summed E-state index contributed by atoms with van der Waals surface area (Å²) in [6.07, 6.45) is -0.294. The molecule has 0 fully saturated rings. The molecule has 0 radical (unpaired) electrons. The van der Waals surface area contributed by atoms with Crippen molar-refractivity contribution in [2.24, 2.45) is 0 Å². The van der Waals surface area contributed by atoms with Crippen molar-refractivity contribution >= 4 is 22.6 Å². The van der Waals surface area contributed by atoms with Crippen LogP contribution >= 0.6 is 0 Å². The van der Waals surface area contributed by atoms with Crippen molar-refractivity contribution < 1.29 is 22.7 Å². The quantitative estimate of drug-likeness (QED) is 0.406. The van der Waals surface area contributed by atoms with E-state index >= 15 is 0 Å². The lowest BCUT2D eigenvalue weighted by Crippen LogP contribution is -2.26. The number of ether oxygens (including phenoxy) is 1. The van der Waals surface area contributed by atoms with Gasteiger partial charge in [-0.3, -0.25) is 5.10 Å². The molecule has 4 rings (SSSR count). The molecule has 0 unspecified atom stereocenters. The monoisotopic (exact) mass is 459 g/mol. The van der Waals surface area contributed by atoms with Gasteiger partial charge in [0.15, 0.2) is 11.6 Å². The van der Waals surface area contributed by atoms with Gasteiger partial charge in [0.1, 0.15) is 5.69 Å². The molecular weight excluding hydrogens is 439 g/mol. The fraction of sp³-hybridized carbons (Fsp3) is 0.286. The highest BCUT2D eigenvalue weighted by atomic mass is 19.4. The number of halogens is 3. The molecule has 3 aromatic heterocycles. The zero-order valence-electron chi connectivity index (χ0n) is 17.7. The predicted octanol–water partition coefficient (Wildman–Crippen LogP) is 3.67. The molecule has 0 bridgehead atoms. The molecule has 0 aliphatic carbocycles. The fourth-order valence-corrected chi connectivity index (χ4v) is 3.16. The number of nitrogens with zero attached hydrogens (tertiary/aromatic N) is 5. The van der Waals surface area contributed by atoms with Gasteiger partial charge in [0, 0.05) is 42.0 Å². The van der Waals surface area contributed by atoms with Gasteiger partial charge in [-0.1, -0.05) is 0 Å². The van der Waals surface area contributed by atoms with Gasteiger partial charge in [-0.2, -0.15) is 23.4 Å². The highest BCUT2D eigenvalue weighted by Gasteiger charge is 2.40. The van der Waals surface area contributed by atoms with E-state index in [9.17, 15) is 18.0 Å². The van der Waals surface area contributed by atoms with E-state index in [-0.39, 0.29) is 12.5 Å². The molecule has 2 N–H and O–H groups in total. The van der Waals surface area contributed by atoms with Crippen LogP contribution in [-0.4, -0.2) is 54.7 Å². The lowest BCUT2D eigenvalue weighted by Gasteiger charge is -2.09. The summed E-state index contributed by atoms with van der Waals surface area (Å²) in [6, 6.07) is 7.76. The summed E-state index contributed by atoms with van der Waals surface area (Å²) in [5, 5.41) is 15.7. The van der Waals surface area contributed by atoms with Crippen molar-refractivity contribution in [3.8, 4) is 17.3 Å². The summed E-state index contributed by atoms with van der Waals surface area (Å²) in [5.74, 6) is -1.38. The van der Waals surface area contributed by atoms with E-state index in [1.54, 1.807) is 18.5 Å². The average molecular weight is 459 g/mol. The van der Waals surface area contributed by atoms with Gasteiger partial charge in [-0.25, -0.2) is 19.4 Å². The van der Waals surface area contributed by atoms with Crippen LogP contribution < -0.4 is 5.32 Å². The van der Waals surface area contributed by atoms with Gasteiger partial charge in [-0.05, 0) is 37.6 Å². The third-order valence-electron chi connectivity index (χ3n) is 4.60. The number of rotatable bonds is 7. The van der Waals surface area contributed by atoms with Crippen LogP contribution in [0.3, 0.4) is 0 Å². The molecule has 0 aliphatic rings. The number of aromatic amines is 1. The van der Waals surface area contributed by atoms with E-state index in [0.717, 1.165) is 16.6 Å². The topological polar surface area (TPSA) is 111 Å². The van der Waals surface area contributed by atoms with Crippen molar-refractivity contribution in [1.29, 1.82) is 0 Å². The fourth-order valence-electron chi connectivity index (χ4n) is 3.16. The minimum absolute atomic E-state index is 0.0788. The second kappa shape index (κ2) is 8.88. The molecule has 1 aromatic carbocycles. The van der Waals surface area contributed by atoms with E-state index < -0.39 is 18.8 Å². The van der Waals surface area contributed by atoms with Crippen LogP contribution in [0.2, 0.25) is 0 Å². The Morgan fingerprint density at radius 3 is 2.85 bits per heavy atom. The summed E-state index contributed by atoms with van der Waals surface area (Å²) in [6.45, 7) is 3.68. The molecule has 4 aromatic rings. The summed E-state index contributed by atoms with van der Waals surface area (Å²) in [5.41, 5.74) is 2.94. The molecule has 12 heteroatoms. The van der Waals surface area contributed by atoms with Crippen LogP contribution in [0.1, 0.15) is 19.4 Å². The Labute approximate surface area is 186 Å². The number of benzene rings is 1. The number of hydrogen-bond acceptors (Lipinski definition) is 7. The van der Waals surface area contributed by atoms with E-state index in [1.165, 1.54) is 10.9 Å². The van der Waals surface area contributed by atoms with Crippen LogP contribution in [0.15, 0.2) is 42.9 Å². The number of fused-ring (bicyclic) bond motifs is 1. The van der Waals surface area contributed by atoms with Gasteiger partial charge >= 0.3 is 12.1 Å². The second-order valence-electron chi connectivity index (χ2n) is 7.55. The molecule has 0 saturated heterocycles. The summed E-state index contributed by atoms with van der Waals surface area (Å²) in [7, 11) is 0. The van der Waals surface area contributed by atoms with Crippen LogP contribution in [0, 0.1) is 0 Å². The van der Waals surface area contributed by atoms with E-state index in [4.69, 9.17) is 0 Å². The van der Waals surface area contributed by atoms with Crippen molar-refractivity contribution in [3.05, 3.63) is 48.4 Å². The molecule has 0 spiro atoms. The smallest absolute Gasteiger partial charge is 0.459 e. The number of alkyl halides is 3. The Hall–Kier alpha value is -3.96. The maximum atomic E-state index is 12.2. The number of carbonyl (C=O) groups is 1. The SMILES string of the molecule is CC(C)Nc1ccc2[nH]nc(-c3nccc(-n4cc(CCOC(=O)C(F)(F)F)cn4)n3)c2c1. The van der Waals surface area contributed by atoms with E-state index in [2.05, 4.69) is 35.3 Å². The zero-order chi connectivity index (χ0) is 23.6. The van der Waals surface area contributed by atoms with Crippen molar-refractivity contribution in [2.75, 3.05) is 11.9 Å². The van der Waals surface area contributed by atoms with Crippen molar-refractivity contribution in [3.63, 3.8) is 0 Å². The first-order valence-corrected chi connectivity index (χ1v) is 10.1. The lowest BCUT2D eigenvalue weighted by atomic mass is 10.1. The van der Waals surface area contributed by atoms with Gasteiger partial charge in [0.05, 0.1) is 18.3 Å². The first-order valence-electron chi connectivity index (χ1n) is 10.1. The zero-order valence-corrected chi connectivity index (χ0v) is 17.7. The van der Waals surface area contributed by atoms with Crippen LogP contribution in [0.4, 0.5) is 18.9 Å². The normalized spacial score (nSPS) is 11.8. The number of esters is 1. The van der Waals surface area contributed by atoms with E-state index in [0.29, 0.717) is 22.9 Å². The van der Waals surface area contributed by atoms with Crippen molar-refractivity contribution in [2.45, 2.75) is 32.5 Å². The molecule has 0 saturated carbocycles. The van der Waals surface area contributed by atoms with Crippen molar-refractivity contribution in [1.82, 2.24) is 29.9 Å². The minimum Gasteiger partial charge on any atom is -0.459 e. The van der Waals surface area contributed by atoms with Gasteiger partial charge < -0.3 is 10.1 Å². The molecular formula is C21H20F3N7O2. The number of H-pyrrole nitrogens is 1. The average Bonchev–Trinajstić information content (AvgIpc) is 3.39. The predicted molar refractivity (Wildman–Crippen MR) is 114 cm³/mol. The number of carbonyl (C=O) groups excluding carboxylic acids is 1. The Balaban J connectivity index is 1.53. The largest absolute Gasteiger partial charge is 0.490 e. The Morgan fingerprint density at radius 2 is 2.09 bits per heavy atom. The first kappa shape index (κ1) is 22.2. The minimum atomic E-state index is -5.01. The first-order chi connectivity index (χ1) is 15.7. The molecule has 0 aliphatic heterocycles. The number of aromatic nitrogens is 6. The number of hydrogen-bond donors (Lipinski definition) is 2. The van der Waals surface area contributed by atoms with Gasteiger partial charge in [0.2, 0.25) is 0 Å². The van der Waals surface area contributed by atoms with Crippen LogP contribution in [0.25, 0.3) is 28.2 Å². The molecule has 3 heterocycles. The lowest BCUT2D eigenvalue weighted by molar-refractivity contribution is -0.199. The standard InChI is InChI=1S/C21H20F3N7O2/c1-12(2)27-14-3-4-16-15(9-14)18(30-29-16)19-25-7-5-17(28-19)31-11-13(10-26-31)6-8-33-20(32)21(22,23)24/h3-5,7,9-12,27H,6,8H2,1-2H3,(H,29,30). The number of anilines is 1. The molecule has 0 amide bonds. The summed E-state index contributed by atoms with van der Waals surface area (Å²) >= 11 is 0. The van der Waals surface area contributed by atoms with Crippen LogP contribution in [-0.2, 0) is 16.0 Å². The molecule has 172 valence electrons. The molecule has 0 atom stereocenters. The Morgan fingerprint density at radius 1 is 1.27 bits per heavy atom. The summed E-state index contributed by atoms with van der Waals surface area (Å²) < 4.78 is 42.3. The van der Waals surface area contributed by atoms with Gasteiger partial charge in [0.25, 0.3) is 0 Å². The third kappa shape index (κ3) is 5.10.